The fourth-order valence-electron chi connectivity index (χ4n) is 0.499. The zero-order valence-corrected chi connectivity index (χ0v) is 6.89. The van der Waals surface area contributed by atoms with Crippen molar-refractivity contribution in [2.75, 3.05) is 0 Å². The van der Waals surface area contributed by atoms with Crippen LogP contribution in [0.1, 0.15) is 19.5 Å². The molecule has 10 heavy (non-hydrogen) atoms. The van der Waals surface area contributed by atoms with Crippen molar-refractivity contribution in [2.45, 2.75) is 26.6 Å². The normalized spacial score (nSPS) is 10.7. The Kier molecular flexibility index (Phi) is 2.77. The molecule has 0 atom stereocenters. The highest BCUT2D eigenvalue weighted by Gasteiger charge is 1.97. The Hall–Kier alpha value is -0.480. The average Bonchev–Trinajstić information content (AvgIpc) is 2.34. The quantitative estimate of drug-likeness (QED) is 0.668. The van der Waals surface area contributed by atoms with Gasteiger partial charge in [0.1, 0.15) is 5.69 Å². The van der Waals surface area contributed by atoms with E-state index in [1.807, 2.05) is 19.2 Å². The van der Waals surface area contributed by atoms with Gasteiger partial charge in [-0.3, -0.25) is 0 Å². The minimum absolute atomic E-state index is 0.265. The van der Waals surface area contributed by atoms with E-state index in [-0.39, 0.29) is 6.10 Å². The first kappa shape index (κ1) is 7.63. The fourth-order valence-corrected chi connectivity index (χ4v) is 0.935. The summed E-state index contributed by atoms with van der Waals surface area (Å²) in [6.07, 6.45) is 0.265. The van der Waals surface area contributed by atoms with E-state index in [4.69, 9.17) is 4.74 Å². The first-order valence-electron chi connectivity index (χ1n) is 3.16. The van der Waals surface area contributed by atoms with E-state index in [1.54, 1.807) is 0 Å². The van der Waals surface area contributed by atoms with E-state index in [9.17, 15) is 0 Å². The van der Waals surface area contributed by atoms with Crippen molar-refractivity contribution in [3.8, 4) is 0 Å². The van der Waals surface area contributed by atoms with Gasteiger partial charge < -0.3 is 4.74 Å². The lowest BCUT2D eigenvalue weighted by atomic mass is 10.4. The van der Waals surface area contributed by atoms with Crippen LogP contribution in [0.25, 0.3) is 0 Å². The number of hydrogen-bond acceptors (Lipinski definition) is 4. The standard InChI is InChI=1S/C6H10N2OS/c1-5(2)9-3-6-4-10-8-7-6/h4-5H,3H2,1-2H3. The van der Waals surface area contributed by atoms with Crippen molar-refractivity contribution >= 4 is 11.5 Å². The molecular formula is C6H10N2OS. The third kappa shape index (κ3) is 2.41. The highest BCUT2D eigenvalue weighted by Crippen LogP contribution is 2.00. The average molecular weight is 158 g/mol. The van der Waals surface area contributed by atoms with Crippen LogP contribution in [-0.4, -0.2) is 15.7 Å². The van der Waals surface area contributed by atoms with Crippen LogP contribution in [0.2, 0.25) is 0 Å². The van der Waals surface area contributed by atoms with E-state index in [2.05, 4.69) is 9.59 Å². The van der Waals surface area contributed by atoms with Crippen LogP contribution >= 0.6 is 11.5 Å². The second kappa shape index (κ2) is 3.63. The summed E-state index contributed by atoms with van der Waals surface area (Å²) in [5.41, 5.74) is 0.915. The predicted octanol–water partition coefficient (Wildman–Crippen LogP) is 1.46. The number of hydrogen-bond donors (Lipinski definition) is 0. The van der Waals surface area contributed by atoms with Crippen molar-refractivity contribution in [2.24, 2.45) is 0 Å². The lowest BCUT2D eigenvalue weighted by molar-refractivity contribution is 0.0636. The van der Waals surface area contributed by atoms with Gasteiger partial charge in [0.05, 0.1) is 12.7 Å². The number of aromatic nitrogens is 2. The minimum atomic E-state index is 0.265. The maximum Gasteiger partial charge on any atom is 0.101 e. The van der Waals surface area contributed by atoms with Gasteiger partial charge in [-0.1, -0.05) is 4.49 Å². The van der Waals surface area contributed by atoms with Crippen LogP contribution in [0.4, 0.5) is 0 Å². The molecule has 0 fully saturated rings. The first-order valence-corrected chi connectivity index (χ1v) is 4.00. The molecule has 0 N–H and O–H groups in total. The molecule has 0 aliphatic rings. The highest BCUT2D eigenvalue weighted by atomic mass is 32.1. The Bertz CT molecular complexity index is 174. The summed E-state index contributed by atoms with van der Waals surface area (Å²) >= 11 is 1.35. The summed E-state index contributed by atoms with van der Waals surface area (Å²) in [5, 5.41) is 5.72. The largest absolute Gasteiger partial charge is 0.372 e. The molecule has 0 spiro atoms. The van der Waals surface area contributed by atoms with Gasteiger partial charge in [-0.05, 0) is 25.4 Å². The molecule has 0 aromatic carbocycles. The van der Waals surface area contributed by atoms with Crippen molar-refractivity contribution in [1.82, 2.24) is 9.59 Å². The van der Waals surface area contributed by atoms with Crippen LogP contribution in [0.15, 0.2) is 5.38 Å². The second-order valence-electron chi connectivity index (χ2n) is 2.26. The molecule has 1 rings (SSSR count). The molecular weight excluding hydrogens is 148 g/mol. The third-order valence-electron chi connectivity index (χ3n) is 0.970. The van der Waals surface area contributed by atoms with Crippen LogP contribution < -0.4 is 0 Å². The molecule has 1 aromatic heterocycles. The molecule has 1 aromatic rings. The van der Waals surface area contributed by atoms with Crippen molar-refractivity contribution in [3.05, 3.63) is 11.1 Å². The molecule has 0 unspecified atom stereocenters. The zero-order chi connectivity index (χ0) is 7.40. The van der Waals surface area contributed by atoms with E-state index in [1.165, 1.54) is 11.5 Å². The van der Waals surface area contributed by atoms with Gasteiger partial charge in [-0.2, -0.15) is 0 Å². The number of nitrogens with zero attached hydrogens (tertiary/aromatic N) is 2. The van der Waals surface area contributed by atoms with Crippen LogP contribution in [0.5, 0.6) is 0 Å². The Morgan fingerprint density at radius 1 is 1.70 bits per heavy atom. The van der Waals surface area contributed by atoms with Crippen molar-refractivity contribution < 1.29 is 4.74 Å². The zero-order valence-electron chi connectivity index (χ0n) is 6.07. The molecule has 0 amide bonds. The Morgan fingerprint density at radius 3 is 3.00 bits per heavy atom. The highest BCUT2D eigenvalue weighted by molar-refractivity contribution is 7.03. The molecule has 3 nitrogen and oxygen atoms in total. The Labute approximate surface area is 64.2 Å². The van der Waals surface area contributed by atoms with E-state index >= 15 is 0 Å². The van der Waals surface area contributed by atoms with E-state index in [0.29, 0.717) is 6.61 Å². The molecule has 56 valence electrons. The maximum absolute atomic E-state index is 5.29. The van der Waals surface area contributed by atoms with Gasteiger partial charge >= 0.3 is 0 Å². The Balaban J connectivity index is 2.28. The van der Waals surface area contributed by atoms with Crippen LogP contribution in [0, 0.1) is 0 Å². The van der Waals surface area contributed by atoms with Crippen LogP contribution in [-0.2, 0) is 11.3 Å². The molecule has 0 aliphatic carbocycles. The molecule has 0 saturated heterocycles. The monoisotopic (exact) mass is 158 g/mol. The smallest absolute Gasteiger partial charge is 0.101 e. The molecule has 4 heteroatoms. The van der Waals surface area contributed by atoms with Crippen LogP contribution in [0.3, 0.4) is 0 Å². The maximum atomic E-state index is 5.29. The second-order valence-corrected chi connectivity index (χ2v) is 2.87. The summed E-state index contributed by atoms with van der Waals surface area (Å²) in [7, 11) is 0. The molecule has 1 heterocycles. The number of rotatable bonds is 3. The minimum Gasteiger partial charge on any atom is -0.372 e. The first-order chi connectivity index (χ1) is 4.79. The summed E-state index contributed by atoms with van der Waals surface area (Å²) in [4.78, 5) is 0. The van der Waals surface area contributed by atoms with Gasteiger partial charge in [0.25, 0.3) is 0 Å². The van der Waals surface area contributed by atoms with Gasteiger partial charge in [-0.15, -0.1) is 5.10 Å². The topological polar surface area (TPSA) is 35.0 Å². The summed E-state index contributed by atoms with van der Waals surface area (Å²) in [6.45, 7) is 4.58. The van der Waals surface area contributed by atoms with Gasteiger partial charge in [0, 0.05) is 5.38 Å². The van der Waals surface area contributed by atoms with E-state index < -0.39 is 0 Å². The van der Waals surface area contributed by atoms with E-state index in [0.717, 1.165) is 5.69 Å². The molecule has 0 bridgehead atoms. The fraction of sp³-hybridized carbons (Fsp3) is 0.667. The van der Waals surface area contributed by atoms with Gasteiger partial charge in [0.15, 0.2) is 0 Å². The van der Waals surface area contributed by atoms with Gasteiger partial charge in [0.2, 0.25) is 0 Å². The lowest BCUT2D eigenvalue weighted by Crippen LogP contribution is -2.02. The van der Waals surface area contributed by atoms with Gasteiger partial charge in [-0.25, -0.2) is 0 Å². The Morgan fingerprint density at radius 2 is 2.50 bits per heavy atom. The van der Waals surface area contributed by atoms with Crippen molar-refractivity contribution in [3.63, 3.8) is 0 Å². The molecule has 0 aliphatic heterocycles. The summed E-state index contributed by atoms with van der Waals surface area (Å²) in [5.74, 6) is 0. The molecule has 0 radical (unpaired) electrons. The number of ether oxygens (including phenoxy) is 1. The third-order valence-corrected chi connectivity index (χ3v) is 1.52. The SMILES string of the molecule is CC(C)OCc1csnn1. The predicted molar refractivity (Wildman–Crippen MR) is 39.8 cm³/mol. The van der Waals surface area contributed by atoms with Crippen molar-refractivity contribution in [1.29, 1.82) is 0 Å². The molecule has 0 saturated carbocycles. The summed E-state index contributed by atoms with van der Waals surface area (Å²) in [6, 6.07) is 0. The lowest BCUT2D eigenvalue weighted by Gasteiger charge is -2.03. The summed E-state index contributed by atoms with van der Waals surface area (Å²) < 4.78 is 9.00.